The van der Waals surface area contributed by atoms with E-state index in [-0.39, 0.29) is 10.6 Å². The third-order valence-electron chi connectivity index (χ3n) is 2.28. The van der Waals surface area contributed by atoms with E-state index in [0.29, 0.717) is 15.8 Å². The SMILES string of the molecule is O=C(c1ccc(Cl)cc1Cl)n1cc(F)c(=O)[nH]c1=O. The fourth-order valence-electron chi connectivity index (χ4n) is 1.39. The van der Waals surface area contributed by atoms with Crippen molar-refractivity contribution in [1.29, 1.82) is 0 Å². The summed E-state index contributed by atoms with van der Waals surface area (Å²) in [6.07, 6.45) is 0.508. The largest absolute Gasteiger partial charge is 0.335 e. The molecule has 0 saturated heterocycles. The molecule has 1 aromatic carbocycles. The third-order valence-corrected chi connectivity index (χ3v) is 2.83. The predicted octanol–water partition coefficient (Wildman–Crippen LogP) is 1.67. The first kappa shape index (κ1) is 13.5. The zero-order chi connectivity index (χ0) is 14.2. The first-order valence-corrected chi connectivity index (χ1v) is 5.67. The summed E-state index contributed by atoms with van der Waals surface area (Å²) < 4.78 is 13.5. The molecule has 0 radical (unpaired) electrons. The van der Waals surface area contributed by atoms with Crippen LogP contribution in [0.15, 0.2) is 34.0 Å². The molecule has 8 heteroatoms. The molecule has 1 aromatic heterocycles. The third kappa shape index (κ3) is 2.59. The van der Waals surface area contributed by atoms with Gasteiger partial charge in [-0.2, -0.15) is 4.39 Å². The highest BCUT2D eigenvalue weighted by Crippen LogP contribution is 2.21. The lowest BCUT2D eigenvalue weighted by Crippen LogP contribution is -2.35. The van der Waals surface area contributed by atoms with Crippen molar-refractivity contribution in [2.75, 3.05) is 0 Å². The summed E-state index contributed by atoms with van der Waals surface area (Å²) in [5, 5.41) is 0.317. The fourth-order valence-corrected chi connectivity index (χ4v) is 1.88. The molecule has 98 valence electrons. The highest BCUT2D eigenvalue weighted by Gasteiger charge is 2.16. The molecular weight excluding hydrogens is 298 g/mol. The number of hydrogen-bond acceptors (Lipinski definition) is 3. The molecule has 0 unspecified atom stereocenters. The van der Waals surface area contributed by atoms with Crippen LogP contribution in [0.4, 0.5) is 4.39 Å². The van der Waals surface area contributed by atoms with Gasteiger partial charge in [-0.3, -0.25) is 14.6 Å². The molecule has 5 nitrogen and oxygen atoms in total. The summed E-state index contributed by atoms with van der Waals surface area (Å²) in [5.74, 6) is -2.13. The van der Waals surface area contributed by atoms with E-state index in [1.807, 2.05) is 0 Å². The van der Waals surface area contributed by atoms with Crippen LogP contribution in [0.25, 0.3) is 0 Å². The predicted molar refractivity (Wildman–Crippen MR) is 67.5 cm³/mol. The molecule has 0 spiro atoms. The van der Waals surface area contributed by atoms with Crippen LogP contribution in [0.3, 0.4) is 0 Å². The molecule has 2 rings (SSSR count). The van der Waals surface area contributed by atoms with Crippen molar-refractivity contribution in [1.82, 2.24) is 9.55 Å². The molecule has 0 atom stereocenters. The van der Waals surface area contributed by atoms with Crippen molar-refractivity contribution in [3.63, 3.8) is 0 Å². The van der Waals surface area contributed by atoms with Crippen LogP contribution < -0.4 is 11.2 Å². The quantitative estimate of drug-likeness (QED) is 0.871. The number of carbonyl (C=O) groups excluding carboxylic acids is 1. The number of benzene rings is 1. The Labute approximate surface area is 115 Å². The van der Waals surface area contributed by atoms with E-state index in [1.165, 1.54) is 18.2 Å². The minimum Gasteiger partial charge on any atom is -0.271 e. The summed E-state index contributed by atoms with van der Waals surface area (Å²) in [7, 11) is 0. The zero-order valence-electron chi connectivity index (χ0n) is 9.12. The van der Waals surface area contributed by atoms with Crippen LogP contribution in [-0.2, 0) is 0 Å². The van der Waals surface area contributed by atoms with Gasteiger partial charge in [0.1, 0.15) is 0 Å². The van der Waals surface area contributed by atoms with Gasteiger partial charge in [-0.15, -0.1) is 0 Å². The van der Waals surface area contributed by atoms with Gasteiger partial charge < -0.3 is 0 Å². The van der Waals surface area contributed by atoms with E-state index < -0.39 is 23.0 Å². The first-order chi connectivity index (χ1) is 8.90. The smallest absolute Gasteiger partial charge is 0.271 e. The van der Waals surface area contributed by atoms with E-state index in [2.05, 4.69) is 0 Å². The van der Waals surface area contributed by atoms with Gasteiger partial charge >= 0.3 is 5.69 Å². The van der Waals surface area contributed by atoms with Gasteiger partial charge in [0.25, 0.3) is 11.5 Å². The van der Waals surface area contributed by atoms with Crippen LogP contribution in [0.2, 0.25) is 10.0 Å². The Bertz CT molecular complexity index is 782. The summed E-state index contributed by atoms with van der Waals surface area (Å²) in [6, 6.07) is 4.00. The number of H-pyrrole nitrogens is 1. The highest BCUT2D eigenvalue weighted by atomic mass is 35.5. The zero-order valence-corrected chi connectivity index (χ0v) is 10.6. The van der Waals surface area contributed by atoms with Crippen LogP contribution >= 0.6 is 23.2 Å². The second-order valence-electron chi connectivity index (χ2n) is 3.54. The molecule has 0 fully saturated rings. The second-order valence-corrected chi connectivity index (χ2v) is 4.38. The number of hydrogen-bond donors (Lipinski definition) is 1. The van der Waals surface area contributed by atoms with E-state index >= 15 is 0 Å². The molecule has 1 heterocycles. The van der Waals surface area contributed by atoms with Gasteiger partial charge in [0.2, 0.25) is 5.82 Å². The van der Waals surface area contributed by atoms with Gasteiger partial charge in [-0.25, -0.2) is 9.36 Å². The van der Waals surface area contributed by atoms with Gasteiger partial charge in [-0.05, 0) is 18.2 Å². The van der Waals surface area contributed by atoms with Crippen molar-refractivity contribution in [3.8, 4) is 0 Å². The molecule has 0 amide bonds. The van der Waals surface area contributed by atoms with Crippen LogP contribution in [0.1, 0.15) is 10.4 Å². The maximum Gasteiger partial charge on any atom is 0.335 e. The number of carbonyl (C=O) groups is 1. The summed E-state index contributed by atoms with van der Waals surface area (Å²) in [5.41, 5.74) is -2.29. The van der Waals surface area contributed by atoms with E-state index in [9.17, 15) is 18.8 Å². The second kappa shape index (κ2) is 4.99. The Balaban J connectivity index is 2.59. The molecule has 0 aliphatic carbocycles. The monoisotopic (exact) mass is 302 g/mol. The number of rotatable bonds is 1. The number of aromatic nitrogens is 2. The molecule has 0 bridgehead atoms. The van der Waals surface area contributed by atoms with Crippen molar-refractivity contribution >= 4 is 29.1 Å². The topological polar surface area (TPSA) is 71.9 Å². The van der Waals surface area contributed by atoms with Crippen molar-refractivity contribution < 1.29 is 9.18 Å². The van der Waals surface area contributed by atoms with Gasteiger partial charge in [0.15, 0.2) is 0 Å². The van der Waals surface area contributed by atoms with Gasteiger partial charge in [0.05, 0.1) is 16.8 Å². The first-order valence-electron chi connectivity index (χ1n) is 4.91. The number of nitrogens with zero attached hydrogens (tertiary/aromatic N) is 1. The lowest BCUT2D eigenvalue weighted by molar-refractivity contribution is 0.0952. The Morgan fingerprint density at radius 2 is 1.95 bits per heavy atom. The van der Waals surface area contributed by atoms with E-state index in [0.717, 1.165) is 0 Å². The fraction of sp³-hybridized carbons (Fsp3) is 0. The molecule has 2 aromatic rings. The summed E-state index contributed by atoms with van der Waals surface area (Å²) in [6.45, 7) is 0. The van der Waals surface area contributed by atoms with Crippen molar-refractivity contribution in [2.24, 2.45) is 0 Å². The maximum absolute atomic E-state index is 13.1. The average Bonchev–Trinajstić information content (AvgIpc) is 2.33. The van der Waals surface area contributed by atoms with E-state index in [4.69, 9.17) is 23.2 Å². The number of aromatic amines is 1. The lowest BCUT2D eigenvalue weighted by Gasteiger charge is -2.05. The summed E-state index contributed by atoms with van der Waals surface area (Å²) >= 11 is 11.5. The average molecular weight is 303 g/mol. The number of halogens is 3. The maximum atomic E-state index is 13.1. The Morgan fingerprint density at radius 1 is 1.26 bits per heavy atom. The van der Waals surface area contributed by atoms with Crippen molar-refractivity contribution in [3.05, 3.63) is 66.7 Å². The van der Waals surface area contributed by atoms with Gasteiger partial charge in [0, 0.05) is 5.02 Å². The lowest BCUT2D eigenvalue weighted by atomic mass is 10.2. The molecule has 0 aliphatic heterocycles. The normalized spacial score (nSPS) is 10.5. The molecule has 1 N–H and O–H groups in total. The Hall–Kier alpha value is -1.92. The van der Waals surface area contributed by atoms with Crippen molar-refractivity contribution in [2.45, 2.75) is 0 Å². The van der Waals surface area contributed by atoms with Crippen LogP contribution in [-0.4, -0.2) is 15.5 Å². The molecule has 0 saturated carbocycles. The van der Waals surface area contributed by atoms with Gasteiger partial charge in [-0.1, -0.05) is 23.2 Å². The van der Waals surface area contributed by atoms with Crippen LogP contribution in [0.5, 0.6) is 0 Å². The Kier molecular flexibility index (Phi) is 3.55. The van der Waals surface area contributed by atoms with Crippen LogP contribution in [0, 0.1) is 5.82 Å². The molecular formula is C11H5Cl2FN2O3. The van der Waals surface area contributed by atoms with E-state index in [1.54, 1.807) is 4.98 Å². The minimum atomic E-state index is -1.25. The number of nitrogens with one attached hydrogen (secondary N) is 1. The molecule has 0 aliphatic rings. The molecule has 19 heavy (non-hydrogen) atoms. The highest BCUT2D eigenvalue weighted by molar-refractivity contribution is 6.36. The summed E-state index contributed by atoms with van der Waals surface area (Å²) in [4.78, 5) is 36.0. The Morgan fingerprint density at radius 3 is 2.58 bits per heavy atom. The minimum absolute atomic E-state index is 0.0102. The standard InChI is InChI=1S/C11H5Cl2FN2O3/c12-5-1-2-6(7(13)3-5)10(18)16-4-8(14)9(17)15-11(16)19/h1-4H,(H,15,17,19).